The van der Waals surface area contributed by atoms with Gasteiger partial charge in [-0.25, -0.2) is 0 Å². The van der Waals surface area contributed by atoms with Crippen LogP contribution in [0.3, 0.4) is 0 Å². The number of hydrogen-bond acceptors (Lipinski definition) is 3. The van der Waals surface area contributed by atoms with E-state index in [2.05, 4.69) is 0 Å². The summed E-state index contributed by atoms with van der Waals surface area (Å²) in [7, 11) is 0. The van der Waals surface area contributed by atoms with Gasteiger partial charge in [-0.1, -0.05) is 0 Å². The van der Waals surface area contributed by atoms with Gasteiger partial charge in [-0.15, -0.1) is 0 Å². The molecule has 3 heteroatoms. The Morgan fingerprint density at radius 2 is 2.36 bits per heavy atom. The van der Waals surface area contributed by atoms with E-state index in [4.69, 9.17) is 9.47 Å². The average Bonchev–Trinajstić information content (AvgIpc) is 2.72. The third-order valence-corrected chi connectivity index (χ3v) is 2.82. The second-order valence-corrected chi connectivity index (χ2v) is 3.98. The molecule has 1 N–H and O–H groups in total. The first-order chi connectivity index (χ1) is 6.86. The van der Waals surface area contributed by atoms with Crippen LogP contribution in [0.15, 0.2) is 11.8 Å². The molecule has 2 atom stereocenters. The van der Waals surface area contributed by atoms with E-state index in [1.807, 2.05) is 6.08 Å². The van der Waals surface area contributed by atoms with Gasteiger partial charge >= 0.3 is 0 Å². The summed E-state index contributed by atoms with van der Waals surface area (Å²) in [6, 6.07) is 0. The fourth-order valence-electron chi connectivity index (χ4n) is 2.03. The van der Waals surface area contributed by atoms with E-state index in [0.717, 1.165) is 38.2 Å². The van der Waals surface area contributed by atoms with Crippen molar-refractivity contribution in [3.8, 4) is 0 Å². The van der Waals surface area contributed by atoms with E-state index < -0.39 is 6.10 Å². The number of aliphatic hydroxyl groups is 1. The first-order valence-corrected chi connectivity index (χ1v) is 5.49. The first-order valence-electron chi connectivity index (χ1n) is 5.49. The highest BCUT2D eigenvalue weighted by molar-refractivity contribution is 5.04. The van der Waals surface area contributed by atoms with Gasteiger partial charge in [0.15, 0.2) is 0 Å². The van der Waals surface area contributed by atoms with Crippen molar-refractivity contribution in [3.63, 3.8) is 0 Å². The van der Waals surface area contributed by atoms with E-state index in [-0.39, 0.29) is 6.10 Å². The van der Waals surface area contributed by atoms with E-state index in [0.29, 0.717) is 6.42 Å². The van der Waals surface area contributed by atoms with Crippen molar-refractivity contribution in [1.82, 2.24) is 0 Å². The molecule has 0 aromatic rings. The lowest BCUT2D eigenvalue weighted by Crippen LogP contribution is -2.25. The zero-order valence-electron chi connectivity index (χ0n) is 8.45. The minimum absolute atomic E-state index is 0.226. The summed E-state index contributed by atoms with van der Waals surface area (Å²) >= 11 is 0. The van der Waals surface area contributed by atoms with Crippen LogP contribution < -0.4 is 0 Å². The Kier molecular flexibility index (Phi) is 3.43. The van der Waals surface area contributed by atoms with E-state index in [9.17, 15) is 5.11 Å². The smallest absolute Gasteiger partial charge is 0.121 e. The summed E-state index contributed by atoms with van der Waals surface area (Å²) < 4.78 is 10.9. The van der Waals surface area contributed by atoms with Gasteiger partial charge in [-0.3, -0.25) is 0 Å². The summed E-state index contributed by atoms with van der Waals surface area (Å²) in [6.07, 6.45) is 6.81. The van der Waals surface area contributed by atoms with Crippen LogP contribution in [0.4, 0.5) is 0 Å². The maximum Gasteiger partial charge on any atom is 0.121 e. The number of aliphatic hydroxyl groups excluding tert-OH is 1. The molecule has 0 aliphatic carbocycles. The lowest BCUT2D eigenvalue weighted by Gasteiger charge is -2.24. The van der Waals surface area contributed by atoms with Gasteiger partial charge in [0.25, 0.3) is 0 Å². The Morgan fingerprint density at radius 1 is 1.43 bits per heavy atom. The van der Waals surface area contributed by atoms with E-state index in [1.54, 1.807) is 0 Å². The molecule has 80 valence electrons. The second kappa shape index (κ2) is 4.80. The van der Waals surface area contributed by atoms with Gasteiger partial charge in [0.2, 0.25) is 0 Å². The molecule has 0 aromatic heterocycles. The monoisotopic (exact) mass is 198 g/mol. The van der Waals surface area contributed by atoms with E-state index in [1.165, 1.54) is 6.42 Å². The Hall–Kier alpha value is -0.540. The Morgan fingerprint density at radius 3 is 3.00 bits per heavy atom. The normalized spacial score (nSPS) is 29.5. The molecule has 0 amide bonds. The molecule has 2 rings (SSSR count). The van der Waals surface area contributed by atoms with Gasteiger partial charge in [-0.05, 0) is 25.3 Å². The molecule has 2 aliphatic rings. The van der Waals surface area contributed by atoms with Crippen molar-refractivity contribution in [3.05, 3.63) is 11.8 Å². The van der Waals surface area contributed by atoms with Gasteiger partial charge in [0, 0.05) is 19.4 Å². The number of hydrogen-bond donors (Lipinski definition) is 1. The van der Waals surface area contributed by atoms with Crippen LogP contribution in [0.5, 0.6) is 0 Å². The molecule has 2 heterocycles. The molecule has 1 saturated heterocycles. The van der Waals surface area contributed by atoms with Crippen molar-refractivity contribution >= 4 is 0 Å². The minimum atomic E-state index is -0.458. The highest BCUT2D eigenvalue weighted by Gasteiger charge is 2.22. The largest absolute Gasteiger partial charge is 0.495 e. The molecule has 3 nitrogen and oxygen atoms in total. The molecule has 0 saturated carbocycles. The van der Waals surface area contributed by atoms with Crippen LogP contribution in [-0.4, -0.2) is 30.5 Å². The number of ether oxygens (including phenoxy) is 2. The molecule has 0 aromatic carbocycles. The maximum atomic E-state index is 9.83. The summed E-state index contributed by atoms with van der Waals surface area (Å²) in [5, 5.41) is 9.83. The molecule has 0 bridgehead atoms. The van der Waals surface area contributed by atoms with Crippen LogP contribution in [0.2, 0.25) is 0 Å². The average molecular weight is 198 g/mol. The molecule has 2 unspecified atom stereocenters. The topological polar surface area (TPSA) is 38.7 Å². The fraction of sp³-hybridized carbons (Fsp3) is 0.818. The highest BCUT2D eigenvalue weighted by atomic mass is 16.5. The van der Waals surface area contributed by atoms with Crippen molar-refractivity contribution in [1.29, 1.82) is 0 Å². The van der Waals surface area contributed by atoms with Gasteiger partial charge < -0.3 is 14.6 Å². The molecular weight excluding hydrogens is 180 g/mol. The highest BCUT2D eigenvalue weighted by Crippen LogP contribution is 2.22. The fourth-order valence-corrected chi connectivity index (χ4v) is 2.03. The Balaban J connectivity index is 1.77. The third-order valence-electron chi connectivity index (χ3n) is 2.82. The third kappa shape index (κ3) is 2.49. The zero-order valence-corrected chi connectivity index (χ0v) is 8.45. The van der Waals surface area contributed by atoms with Crippen molar-refractivity contribution in [2.24, 2.45) is 0 Å². The van der Waals surface area contributed by atoms with Crippen LogP contribution in [0.25, 0.3) is 0 Å². The van der Waals surface area contributed by atoms with Crippen LogP contribution in [0, 0.1) is 0 Å². The molecule has 2 aliphatic heterocycles. The zero-order chi connectivity index (χ0) is 9.80. The Bertz CT molecular complexity index is 207. The maximum absolute atomic E-state index is 9.83. The summed E-state index contributed by atoms with van der Waals surface area (Å²) in [4.78, 5) is 0. The minimum Gasteiger partial charge on any atom is -0.495 e. The quantitative estimate of drug-likeness (QED) is 0.748. The van der Waals surface area contributed by atoms with Crippen LogP contribution in [0.1, 0.15) is 32.1 Å². The van der Waals surface area contributed by atoms with Crippen molar-refractivity contribution in [2.75, 3.05) is 13.2 Å². The second-order valence-electron chi connectivity index (χ2n) is 3.98. The molecule has 0 radical (unpaired) electrons. The standard InChI is InChI=1S/C11H18O3/c12-10(11-5-3-7-14-11)8-9-4-1-2-6-13-9/h5,9-10,12H,1-4,6-8H2. The predicted molar refractivity (Wildman–Crippen MR) is 52.9 cm³/mol. The molecule has 0 spiro atoms. The first kappa shape index (κ1) is 9.99. The lowest BCUT2D eigenvalue weighted by molar-refractivity contribution is -0.0173. The summed E-state index contributed by atoms with van der Waals surface area (Å²) in [5.41, 5.74) is 0. The van der Waals surface area contributed by atoms with Crippen molar-refractivity contribution < 1.29 is 14.6 Å². The van der Waals surface area contributed by atoms with Crippen LogP contribution >= 0.6 is 0 Å². The van der Waals surface area contributed by atoms with Gasteiger partial charge in [0.1, 0.15) is 11.9 Å². The predicted octanol–water partition coefficient (Wildman–Crippen LogP) is 1.61. The molecule has 1 fully saturated rings. The van der Waals surface area contributed by atoms with Gasteiger partial charge in [0.05, 0.1) is 12.7 Å². The van der Waals surface area contributed by atoms with Crippen LogP contribution in [-0.2, 0) is 9.47 Å². The molecule has 14 heavy (non-hydrogen) atoms. The lowest BCUT2D eigenvalue weighted by atomic mass is 10.0. The van der Waals surface area contributed by atoms with Crippen molar-refractivity contribution in [2.45, 2.75) is 44.3 Å². The SMILES string of the molecule is OC(CC1CCCCO1)C1=CCCO1. The van der Waals surface area contributed by atoms with E-state index >= 15 is 0 Å². The summed E-state index contributed by atoms with van der Waals surface area (Å²) in [6.45, 7) is 1.56. The Labute approximate surface area is 84.7 Å². The number of rotatable bonds is 3. The summed E-state index contributed by atoms with van der Waals surface area (Å²) in [5.74, 6) is 0.749. The van der Waals surface area contributed by atoms with Gasteiger partial charge in [-0.2, -0.15) is 0 Å². The molecular formula is C11H18O3.